The zero-order valence-electron chi connectivity index (χ0n) is 10.1. The first kappa shape index (κ1) is 13.0. The van der Waals surface area contributed by atoms with Crippen LogP contribution < -0.4 is 10.1 Å². The lowest BCUT2D eigenvalue weighted by atomic mass is 10.3. The number of benzene rings is 1. The van der Waals surface area contributed by atoms with Crippen LogP contribution in [0.4, 0.5) is 4.39 Å². The summed E-state index contributed by atoms with van der Waals surface area (Å²) >= 11 is 0. The lowest BCUT2D eigenvalue weighted by molar-refractivity contribution is -0.121. The summed E-state index contributed by atoms with van der Waals surface area (Å²) in [7, 11) is 0. The standard InChI is InChI=1S/C12H13FN4O2/c13-9-2-1-3-10(6-9)19-5-4-12(18)14-7-11-15-8-16-17-11/h1-3,6,8H,4-5,7H2,(H,14,18)(H,15,16,17). The molecule has 7 heteroatoms. The van der Waals surface area contributed by atoms with Crippen molar-refractivity contribution in [1.29, 1.82) is 0 Å². The zero-order chi connectivity index (χ0) is 13.5. The third-order valence-electron chi connectivity index (χ3n) is 2.31. The first-order valence-electron chi connectivity index (χ1n) is 5.73. The summed E-state index contributed by atoms with van der Waals surface area (Å²) in [6, 6.07) is 5.79. The van der Waals surface area contributed by atoms with E-state index >= 15 is 0 Å². The number of nitrogens with one attached hydrogen (secondary N) is 2. The number of hydrogen-bond donors (Lipinski definition) is 2. The molecule has 0 saturated heterocycles. The highest BCUT2D eigenvalue weighted by atomic mass is 19.1. The quantitative estimate of drug-likeness (QED) is 0.816. The van der Waals surface area contributed by atoms with Crippen LogP contribution in [0, 0.1) is 5.82 Å². The number of carbonyl (C=O) groups excluding carboxylic acids is 1. The molecule has 0 saturated carbocycles. The molecule has 2 aromatic rings. The van der Waals surface area contributed by atoms with Gasteiger partial charge in [0.1, 0.15) is 23.7 Å². The Bertz CT molecular complexity index is 530. The summed E-state index contributed by atoms with van der Waals surface area (Å²) in [5.41, 5.74) is 0. The summed E-state index contributed by atoms with van der Waals surface area (Å²) in [5, 5.41) is 8.95. The Morgan fingerprint density at radius 1 is 1.47 bits per heavy atom. The highest BCUT2D eigenvalue weighted by molar-refractivity contribution is 5.75. The Morgan fingerprint density at radius 2 is 2.37 bits per heavy atom. The molecule has 2 N–H and O–H groups in total. The van der Waals surface area contributed by atoms with Crippen molar-refractivity contribution in [2.24, 2.45) is 0 Å². The molecule has 1 aromatic carbocycles. The van der Waals surface area contributed by atoms with E-state index in [-0.39, 0.29) is 24.8 Å². The molecule has 1 aromatic heterocycles. The number of H-pyrrole nitrogens is 1. The second-order valence-electron chi connectivity index (χ2n) is 3.76. The number of nitrogens with zero attached hydrogens (tertiary/aromatic N) is 2. The zero-order valence-corrected chi connectivity index (χ0v) is 10.1. The van der Waals surface area contributed by atoms with Crippen molar-refractivity contribution in [2.45, 2.75) is 13.0 Å². The van der Waals surface area contributed by atoms with Crippen molar-refractivity contribution in [2.75, 3.05) is 6.61 Å². The molecule has 0 aliphatic heterocycles. The van der Waals surface area contributed by atoms with Crippen molar-refractivity contribution >= 4 is 5.91 Å². The van der Waals surface area contributed by atoms with E-state index < -0.39 is 0 Å². The summed E-state index contributed by atoms with van der Waals surface area (Å²) in [6.07, 6.45) is 1.55. The molecule has 0 spiro atoms. The highest BCUT2D eigenvalue weighted by Crippen LogP contribution is 2.11. The first-order chi connectivity index (χ1) is 9.24. The van der Waals surface area contributed by atoms with E-state index in [0.29, 0.717) is 18.1 Å². The Morgan fingerprint density at radius 3 is 3.11 bits per heavy atom. The average Bonchev–Trinajstić information content (AvgIpc) is 2.89. The van der Waals surface area contributed by atoms with Gasteiger partial charge < -0.3 is 10.1 Å². The third kappa shape index (κ3) is 4.38. The average molecular weight is 264 g/mol. The number of hydrogen-bond acceptors (Lipinski definition) is 4. The van der Waals surface area contributed by atoms with Crippen LogP contribution >= 0.6 is 0 Å². The molecule has 1 amide bonds. The molecule has 0 aliphatic rings. The van der Waals surface area contributed by atoms with Gasteiger partial charge >= 0.3 is 0 Å². The van der Waals surface area contributed by atoms with Crippen LogP contribution in [0.15, 0.2) is 30.6 Å². The number of carbonyl (C=O) groups is 1. The summed E-state index contributed by atoms with van der Waals surface area (Å²) < 4.78 is 18.1. The van der Waals surface area contributed by atoms with Gasteiger partial charge in [-0.05, 0) is 12.1 Å². The number of amides is 1. The first-order valence-corrected chi connectivity index (χ1v) is 5.73. The largest absolute Gasteiger partial charge is 0.493 e. The maximum Gasteiger partial charge on any atom is 0.223 e. The van der Waals surface area contributed by atoms with Crippen molar-refractivity contribution in [1.82, 2.24) is 20.5 Å². The van der Waals surface area contributed by atoms with Crippen LogP contribution in [-0.2, 0) is 11.3 Å². The van der Waals surface area contributed by atoms with E-state index in [1.807, 2.05) is 0 Å². The molecule has 6 nitrogen and oxygen atoms in total. The van der Waals surface area contributed by atoms with Crippen molar-refractivity contribution in [3.63, 3.8) is 0 Å². The molecule has 0 unspecified atom stereocenters. The van der Waals surface area contributed by atoms with E-state index in [0.717, 1.165) is 0 Å². The maximum atomic E-state index is 12.9. The minimum Gasteiger partial charge on any atom is -0.493 e. The van der Waals surface area contributed by atoms with Gasteiger partial charge in [-0.2, -0.15) is 5.10 Å². The molecular weight excluding hydrogens is 251 g/mol. The molecule has 100 valence electrons. The van der Waals surface area contributed by atoms with Crippen LogP contribution in [0.3, 0.4) is 0 Å². The summed E-state index contributed by atoms with van der Waals surface area (Å²) in [5.74, 6) is 0.447. The molecule has 1 heterocycles. The van der Waals surface area contributed by atoms with E-state index in [1.165, 1.54) is 18.5 Å². The number of aromatic nitrogens is 3. The summed E-state index contributed by atoms with van der Waals surface area (Å²) in [6.45, 7) is 0.477. The second kappa shape index (κ2) is 6.48. The predicted molar refractivity (Wildman–Crippen MR) is 64.7 cm³/mol. The monoisotopic (exact) mass is 264 g/mol. The fourth-order valence-electron chi connectivity index (χ4n) is 1.41. The number of rotatable bonds is 6. The Balaban J connectivity index is 1.66. The van der Waals surface area contributed by atoms with Gasteiger partial charge in [0.15, 0.2) is 0 Å². The van der Waals surface area contributed by atoms with Gasteiger partial charge in [-0.3, -0.25) is 9.89 Å². The number of aromatic amines is 1. The van der Waals surface area contributed by atoms with Crippen LogP contribution in [0.1, 0.15) is 12.2 Å². The molecule has 19 heavy (non-hydrogen) atoms. The molecule has 0 fully saturated rings. The van der Waals surface area contributed by atoms with Gasteiger partial charge in [-0.15, -0.1) is 0 Å². The van der Waals surface area contributed by atoms with Crippen LogP contribution in [0.25, 0.3) is 0 Å². The Hall–Kier alpha value is -2.44. The minimum absolute atomic E-state index is 0.173. The molecule has 0 radical (unpaired) electrons. The van der Waals surface area contributed by atoms with E-state index in [9.17, 15) is 9.18 Å². The SMILES string of the molecule is O=C(CCOc1cccc(F)c1)NCc1ncn[nH]1. The second-order valence-corrected chi connectivity index (χ2v) is 3.76. The van der Waals surface area contributed by atoms with Crippen LogP contribution in [0.2, 0.25) is 0 Å². The molecule has 0 bridgehead atoms. The van der Waals surface area contributed by atoms with Gasteiger partial charge in [0.25, 0.3) is 0 Å². The summed E-state index contributed by atoms with van der Waals surface area (Å²) in [4.78, 5) is 15.3. The fourth-order valence-corrected chi connectivity index (χ4v) is 1.41. The maximum absolute atomic E-state index is 12.9. The molecule has 0 atom stereocenters. The molecule has 2 rings (SSSR count). The number of ether oxygens (including phenoxy) is 1. The van der Waals surface area contributed by atoms with E-state index in [1.54, 1.807) is 12.1 Å². The van der Waals surface area contributed by atoms with E-state index in [4.69, 9.17) is 4.74 Å². The minimum atomic E-state index is -0.368. The van der Waals surface area contributed by atoms with Crippen molar-refractivity contribution in [3.8, 4) is 5.75 Å². The van der Waals surface area contributed by atoms with Crippen LogP contribution in [-0.4, -0.2) is 27.7 Å². The lowest BCUT2D eigenvalue weighted by Gasteiger charge is -2.06. The van der Waals surface area contributed by atoms with Gasteiger partial charge in [0.2, 0.25) is 5.91 Å². The Kier molecular flexibility index (Phi) is 4.44. The van der Waals surface area contributed by atoms with Crippen molar-refractivity contribution < 1.29 is 13.9 Å². The highest BCUT2D eigenvalue weighted by Gasteiger charge is 2.03. The van der Waals surface area contributed by atoms with E-state index in [2.05, 4.69) is 20.5 Å². The topological polar surface area (TPSA) is 79.9 Å². The van der Waals surface area contributed by atoms with Crippen molar-refractivity contribution in [3.05, 3.63) is 42.2 Å². The molecular formula is C12H13FN4O2. The smallest absolute Gasteiger partial charge is 0.223 e. The lowest BCUT2D eigenvalue weighted by Crippen LogP contribution is -2.25. The molecule has 0 aliphatic carbocycles. The Labute approximate surface area is 109 Å². The number of halogens is 1. The third-order valence-corrected chi connectivity index (χ3v) is 2.31. The van der Waals surface area contributed by atoms with Gasteiger partial charge in [-0.25, -0.2) is 9.37 Å². The van der Waals surface area contributed by atoms with Crippen LogP contribution in [0.5, 0.6) is 5.75 Å². The fraction of sp³-hybridized carbons (Fsp3) is 0.250. The van der Waals surface area contributed by atoms with Gasteiger partial charge in [-0.1, -0.05) is 6.07 Å². The van der Waals surface area contributed by atoms with Gasteiger partial charge in [0, 0.05) is 6.07 Å². The van der Waals surface area contributed by atoms with Gasteiger partial charge in [0.05, 0.1) is 19.6 Å². The predicted octanol–water partition coefficient (Wildman–Crippen LogP) is 1.03. The normalized spacial score (nSPS) is 10.2.